The molecule has 0 radical (unpaired) electrons. The van der Waals surface area contributed by atoms with Crippen molar-refractivity contribution in [2.75, 3.05) is 11.9 Å². The number of amides is 2. The van der Waals surface area contributed by atoms with Gasteiger partial charge in [0.2, 0.25) is 5.82 Å². The number of carboxylic acid groups (broad SMARTS) is 1. The lowest BCUT2D eigenvalue weighted by atomic mass is 9.98. The number of nitrogens with one attached hydrogen (secondary N) is 3. The van der Waals surface area contributed by atoms with Crippen LogP contribution in [0.25, 0.3) is 11.1 Å². The van der Waals surface area contributed by atoms with Gasteiger partial charge in [-0.25, -0.2) is 9.59 Å². The monoisotopic (exact) mass is 459 g/mol. The molecule has 1 aliphatic carbocycles. The first-order valence-electron chi connectivity index (χ1n) is 10.5. The van der Waals surface area contributed by atoms with Gasteiger partial charge >= 0.3 is 12.1 Å². The number of aliphatic carboxylic acids is 1. The van der Waals surface area contributed by atoms with Gasteiger partial charge in [0.05, 0.1) is 0 Å². The highest BCUT2D eigenvalue weighted by atomic mass is 16.5. The Hall–Kier alpha value is -4.65. The standard InChI is InChI=1S/C24H21N5O5/c1-2-3-12-19(22(31)32)25-21(30)20-26-23(29-28-20)27-24(33)34-13-18-16-10-6-4-8-14(16)15-9-5-7-11-17(15)18/h4-11,18-19H,12-13H2,1H3,(H,25,30)(H,31,32)(H2,26,27,28,29,33). The normalized spacial score (nSPS) is 12.5. The van der Waals surface area contributed by atoms with Crippen LogP contribution >= 0.6 is 0 Å². The molecule has 0 spiro atoms. The molecule has 1 aromatic heterocycles. The molecule has 1 unspecified atom stereocenters. The van der Waals surface area contributed by atoms with E-state index in [0.717, 1.165) is 22.3 Å². The van der Waals surface area contributed by atoms with Gasteiger partial charge in [0.15, 0.2) is 0 Å². The molecule has 10 nitrogen and oxygen atoms in total. The van der Waals surface area contributed by atoms with Crippen molar-refractivity contribution in [2.45, 2.75) is 25.3 Å². The van der Waals surface area contributed by atoms with Gasteiger partial charge in [0.25, 0.3) is 11.9 Å². The van der Waals surface area contributed by atoms with Crippen molar-refractivity contribution in [1.29, 1.82) is 0 Å². The lowest BCUT2D eigenvalue weighted by molar-refractivity contribution is -0.139. The molecule has 4 N–H and O–H groups in total. The van der Waals surface area contributed by atoms with Gasteiger partial charge in [0, 0.05) is 12.3 Å². The summed E-state index contributed by atoms with van der Waals surface area (Å²) < 4.78 is 5.42. The summed E-state index contributed by atoms with van der Waals surface area (Å²) >= 11 is 0. The number of ether oxygens (including phenoxy) is 1. The number of carbonyl (C=O) groups is 3. The summed E-state index contributed by atoms with van der Waals surface area (Å²) in [4.78, 5) is 39.7. The quantitative estimate of drug-likeness (QED) is 0.397. The summed E-state index contributed by atoms with van der Waals surface area (Å²) in [5.41, 5.74) is 4.38. The SMILES string of the molecule is CC#CCC(NC(=O)c1nc(NC(=O)OCC2c3ccccc3-c3ccccc32)n[nH]1)C(=O)O. The van der Waals surface area contributed by atoms with Crippen molar-refractivity contribution in [3.05, 3.63) is 65.5 Å². The number of carboxylic acids is 1. The van der Waals surface area contributed by atoms with Crippen molar-refractivity contribution in [3.8, 4) is 23.0 Å². The van der Waals surface area contributed by atoms with Crippen LogP contribution in [-0.2, 0) is 9.53 Å². The zero-order valence-corrected chi connectivity index (χ0v) is 18.2. The first-order chi connectivity index (χ1) is 16.5. The topological polar surface area (TPSA) is 146 Å². The van der Waals surface area contributed by atoms with Gasteiger partial charge in [-0.2, -0.15) is 4.98 Å². The Morgan fingerprint density at radius 2 is 1.76 bits per heavy atom. The van der Waals surface area contributed by atoms with Gasteiger partial charge in [-0.3, -0.25) is 15.2 Å². The number of fused-ring (bicyclic) bond motifs is 3. The Balaban J connectivity index is 1.36. The fraction of sp³-hybridized carbons (Fsp3) is 0.208. The molecule has 1 aliphatic rings. The first-order valence-corrected chi connectivity index (χ1v) is 10.5. The van der Waals surface area contributed by atoms with Crippen LogP contribution in [0.2, 0.25) is 0 Å². The van der Waals surface area contributed by atoms with Crippen molar-refractivity contribution in [2.24, 2.45) is 0 Å². The average molecular weight is 459 g/mol. The number of carbonyl (C=O) groups excluding carboxylic acids is 2. The molecule has 172 valence electrons. The Kier molecular flexibility index (Phi) is 6.54. The molecular formula is C24H21N5O5. The third-order valence-corrected chi connectivity index (χ3v) is 5.34. The van der Waals surface area contributed by atoms with Crippen molar-refractivity contribution in [1.82, 2.24) is 20.5 Å². The number of rotatable bonds is 7. The van der Waals surface area contributed by atoms with E-state index in [9.17, 15) is 19.5 Å². The fourth-order valence-corrected chi connectivity index (χ4v) is 3.78. The van der Waals surface area contributed by atoms with Crippen LogP contribution in [0.5, 0.6) is 0 Å². The first kappa shape index (κ1) is 22.5. The van der Waals surface area contributed by atoms with Crippen LogP contribution in [-0.4, -0.2) is 50.9 Å². The number of nitrogens with zero attached hydrogens (tertiary/aromatic N) is 2. The van der Waals surface area contributed by atoms with E-state index < -0.39 is 24.0 Å². The second-order valence-electron chi connectivity index (χ2n) is 7.45. The molecule has 34 heavy (non-hydrogen) atoms. The largest absolute Gasteiger partial charge is 0.480 e. The zero-order chi connectivity index (χ0) is 24.1. The van der Waals surface area contributed by atoms with Gasteiger partial charge in [-0.15, -0.1) is 16.9 Å². The summed E-state index contributed by atoms with van der Waals surface area (Å²) in [5.74, 6) is 2.61. The lowest BCUT2D eigenvalue weighted by Crippen LogP contribution is -2.41. The van der Waals surface area contributed by atoms with Crippen LogP contribution in [0.4, 0.5) is 10.7 Å². The minimum absolute atomic E-state index is 0.0590. The smallest absolute Gasteiger partial charge is 0.414 e. The predicted molar refractivity (Wildman–Crippen MR) is 122 cm³/mol. The van der Waals surface area contributed by atoms with Crippen LogP contribution < -0.4 is 10.6 Å². The van der Waals surface area contributed by atoms with E-state index in [-0.39, 0.29) is 30.7 Å². The van der Waals surface area contributed by atoms with E-state index in [0.29, 0.717) is 0 Å². The molecule has 2 aromatic carbocycles. The lowest BCUT2D eigenvalue weighted by Gasteiger charge is -2.13. The van der Waals surface area contributed by atoms with E-state index in [1.165, 1.54) is 0 Å². The summed E-state index contributed by atoms with van der Waals surface area (Å²) in [5, 5.41) is 20.0. The number of H-pyrrole nitrogens is 1. The maximum atomic E-state index is 12.3. The molecule has 1 heterocycles. The summed E-state index contributed by atoms with van der Waals surface area (Å²) in [6, 6.07) is 14.7. The molecule has 0 saturated carbocycles. The number of benzene rings is 2. The van der Waals surface area contributed by atoms with Gasteiger partial charge in [-0.1, -0.05) is 48.5 Å². The minimum atomic E-state index is -1.23. The van der Waals surface area contributed by atoms with E-state index in [1.807, 2.05) is 48.5 Å². The molecule has 0 saturated heterocycles. The van der Waals surface area contributed by atoms with Crippen LogP contribution in [0.1, 0.15) is 41.0 Å². The molecule has 1 atom stereocenters. The second-order valence-corrected chi connectivity index (χ2v) is 7.45. The Morgan fingerprint density at radius 3 is 2.38 bits per heavy atom. The van der Waals surface area contributed by atoms with Gasteiger partial charge < -0.3 is 15.2 Å². The molecule has 3 aromatic rings. The molecule has 0 aliphatic heterocycles. The summed E-state index contributed by atoms with van der Waals surface area (Å²) in [7, 11) is 0. The number of hydrogen-bond donors (Lipinski definition) is 4. The van der Waals surface area contributed by atoms with Crippen molar-refractivity contribution >= 4 is 23.9 Å². The van der Waals surface area contributed by atoms with Crippen LogP contribution in [0, 0.1) is 11.8 Å². The maximum Gasteiger partial charge on any atom is 0.414 e. The molecule has 10 heteroatoms. The summed E-state index contributed by atoms with van der Waals surface area (Å²) in [6.07, 6.45) is -0.842. The molecule has 4 rings (SSSR count). The highest BCUT2D eigenvalue weighted by Crippen LogP contribution is 2.44. The van der Waals surface area contributed by atoms with Crippen molar-refractivity contribution in [3.63, 3.8) is 0 Å². The molecule has 2 amide bonds. The number of anilines is 1. The highest BCUT2D eigenvalue weighted by molar-refractivity contribution is 5.94. The summed E-state index contributed by atoms with van der Waals surface area (Å²) in [6.45, 7) is 1.68. The average Bonchev–Trinajstić information content (AvgIpc) is 3.43. The molecule has 0 bridgehead atoms. The second kappa shape index (κ2) is 9.87. The van der Waals surface area contributed by atoms with Crippen LogP contribution in [0.3, 0.4) is 0 Å². The Morgan fingerprint density at radius 1 is 1.12 bits per heavy atom. The van der Waals surface area contributed by atoms with Gasteiger partial charge in [-0.05, 0) is 29.2 Å². The van der Waals surface area contributed by atoms with Gasteiger partial charge in [0.1, 0.15) is 12.6 Å². The number of hydrogen-bond acceptors (Lipinski definition) is 6. The third-order valence-electron chi connectivity index (χ3n) is 5.34. The van der Waals surface area contributed by atoms with Crippen LogP contribution in [0.15, 0.2) is 48.5 Å². The highest BCUT2D eigenvalue weighted by Gasteiger charge is 2.29. The predicted octanol–water partition coefficient (Wildman–Crippen LogP) is 2.76. The Labute approximate surface area is 194 Å². The van der Waals surface area contributed by atoms with E-state index in [1.54, 1.807) is 6.92 Å². The number of aromatic nitrogens is 3. The van der Waals surface area contributed by atoms with E-state index in [4.69, 9.17) is 4.74 Å². The molecular weight excluding hydrogens is 438 g/mol. The number of aromatic amines is 1. The molecule has 0 fully saturated rings. The maximum absolute atomic E-state index is 12.3. The van der Waals surface area contributed by atoms with Crippen molar-refractivity contribution < 1.29 is 24.2 Å². The van der Waals surface area contributed by atoms with E-state index in [2.05, 4.69) is 37.7 Å². The Bertz CT molecular complexity index is 1260. The fourth-order valence-electron chi connectivity index (χ4n) is 3.78. The third kappa shape index (κ3) is 4.73. The minimum Gasteiger partial charge on any atom is -0.480 e. The van der Waals surface area contributed by atoms with E-state index >= 15 is 0 Å². The zero-order valence-electron chi connectivity index (χ0n) is 18.2.